The lowest BCUT2D eigenvalue weighted by molar-refractivity contribution is -0.138. The van der Waals surface area contributed by atoms with Gasteiger partial charge in [0.2, 0.25) is 0 Å². The predicted molar refractivity (Wildman–Crippen MR) is 136 cm³/mol. The van der Waals surface area contributed by atoms with Gasteiger partial charge in [0.15, 0.2) is 5.78 Å². The van der Waals surface area contributed by atoms with Crippen molar-refractivity contribution in [1.29, 1.82) is 0 Å². The molecule has 0 aromatic carbocycles. The highest BCUT2D eigenvalue weighted by atomic mass is 16.4. The van der Waals surface area contributed by atoms with Crippen LogP contribution >= 0.6 is 0 Å². The van der Waals surface area contributed by atoms with Crippen LogP contribution in [-0.2, 0) is 9.59 Å². The molecule has 0 bridgehead atoms. The first-order valence-corrected chi connectivity index (χ1v) is 13.0. The second-order valence-electron chi connectivity index (χ2n) is 12.5. The standard InChI is InChI=1S/C30H46O3/c1-19(2)17-22(31)18-21(5)24-11-15-30(8)26-10-9-23(20(3)4)28(6,14-13-27(32)33)25(26)12-16-29(24,30)7/h10,17,21,23-25H,3,9,11-16,18H2,1-2,4-8H3,(H,32,33). The highest BCUT2D eigenvalue weighted by Crippen LogP contribution is 2.71. The SMILES string of the molecule is C=C(C)C1CC=C2C(CCC3(C)C(C(C)CC(=O)C=C(C)C)CCC23C)C1(C)CCC(=O)O. The molecule has 0 aromatic heterocycles. The van der Waals surface area contributed by atoms with E-state index in [4.69, 9.17) is 0 Å². The average Bonchev–Trinajstić information content (AvgIpc) is 2.97. The maximum Gasteiger partial charge on any atom is 0.303 e. The summed E-state index contributed by atoms with van der Waals surface area (Å²) < 4.78 is 0. The monoisotopic (exact) mass is 454 g/mol. The zero-order chi connectivity index (χ0) is 24.8. The first-order valence-electron chi connectivity index (χ1n) is 13.0. The van der Waals surface area contributed by atoms with Crippen molar-refractivity contribution in [2.45, 2.75) is 99.8 Å². The maximum absolute atomic E-state index is 12.6. The molecule has 0 heterocycles. The molecule has 1 N–H and O–H groups in total. The number of rotatable bonds is 8. The van der Waals surface area contributed by atoms with Gasteiger partial charge in [-0.2, -0.15) is 0 Å². The van der Waals surface area contributed by atoms with E-state index in [9.17, 15) is 14.7 Å². The van der Waals surface area contributed by atoms with Gasteiger partial charge in [0, 0.05) is 12.8 Å². The summed E-state index contributed by atoms with van der Waals surface area (Å²) in [5, 5.41) is 9.48. The number of carboxylic acid groups (broad SMARTS) is 1. The Morgan fingerprint density at radius 2 is 1.85 bits per heavy atom. The number of hydrogen-bond donors (Lipinski definition) is 1. The van der Waals surface area contributed by atoms with Gasteiger partial charge in [-0.3, -0.25) is 9.59 Å². The number of allylic oxidation sites excluding steroid dienone is 5. The van der Waals surface area contributed by atoms with Crippen LogP contribution in [-0.4, -0.2) is 16.9 Å². The van der Waals surface area contributed by atoms with E-state index in [1.807, 2.05) is 13.8 Å². The van der Waals surface area contributed by atoms with E-state index in [0.29, 0.717) is 36.5 Å². The van der Waals surface area contributed by atoms with Crippen molar-refractivity contribution < 1.29 is 14.7 Å². The van der Waals surface area contributed by atoms with Gasteiger partial charge in [0.05, 0.1) is 0 Å². The molecule has 0 aromatic rings. The van der Waals surface area contributed by atoms with Crippen LogP contribution in [0.5, 0.6) is 0 Å². The minimum absolute atomic E-state index is 0.0538. The molecule has 0 saturated heterocycles. The molecular weight excluding hydrogens is 408 g/mol. The molecule has 2 fully saturated rings. The number of fused-ring (bicyclic) bond motifs is 3. The first-order chi connectivity index (χ1) is 15.3. The van der Waals surface area contributed by atoms with Crippen molar-refractivity contribution >= 4 is 11.8 Å². The summed E-state index contributed by atoms with van der Waals surface area (Å²) in [5.41, 5.74) is 4.11. The molecule has 3 nitrogen and oxygen atoms in total. The molecule has 184 valence electrons. The minimum atomic E-state index is -0.699. The van der Waals surface area contributed by atoms with Crippen molar-refractivity contribution in [2.24, 2.45) is 39.9 Å². The Morgan fingerprint density at radius 3 is 2.42 bits per heavy atom. The van der Waals surface area contributed by atoms with E-state index in [-0.39, 0.29) is 28.4 Å². The highest BCUT2D eigenvalue weighted by Gasteiger charge is 2.63. The lowest BCUT2D eigenvalue weighted by Gasteiger charge is -2.60. The number of aliphatic carboxylic acids is 1. The number of carboxylic acids is 1. The van der Waals surface area contributed by atoms with Gasteiger partial charge in [-0.05, 0) is 105 Å². The molecule has 2 saturated carbocycles. The largest absolute Gasteiger partial charge is 0.481 e. The predicted octanol–water partition coefficient (Wildman–Crippen LogP) is 7.77. The van der Waals surface area contributed by atoms with E-state index in [1.165, 1.54) is 18.4 Å². The lowest BCUT2D eigenvalue weighted by Crippen LogP contribution is -2.52. The summed E-state index contributed by atoms with van der Waals surface area (Å²) in [5.74, 6) is 1.25. The zero-order valence-corrected chi connectivity index (χ0v) is 22.1. The molecular formula is C30H46O3. The number of carbonyl (C=O) groups is 2. The zero-order valence-electron chi connectivity index (χ0n) is 22.1. The molecule has 7 atom stereocenters. The number of ketones is 1. The van der Waals surface area contributed by atoms with Crippen molar-refractivity contribution in [1.82, 2.24) is 0 Å². The number of carbonyl (C=O) groups excluding carboxylic acids is 1. The van der Waals surface area contributed by atoms with E-state index in [0.717, 1.165) is 24.8 Å². The van der Waals surface area contributed by atoms with E-state index < -0.39 is 5.97 Å². The summed E-state index contributed by atoms with van der Waals surface area (Å²) >= 11 is 0. The summed E-state index contributed by atoms with van der Waals surface area (Å²) in [4.78, 5) is 24.1. The second-order valence-corrected chi connectivity index (χ2v) is 12.5. The quantitative estimate of drug-likeness (QED) is 0.301. The first kappa shape index (κ1) is 26.0. The van der Waals surface area contributed by atoms with Gasteiger partial charge in [-0.25, -0.2) is 0 Å². The van der Waals surface area contributed by atoms with Crippen LogP contribution in [0.1, 0.15) is 99.8 Å². The van der Waals surface area contributed by atoms with E-state index >= 15 is 0 Å². The van der Waals surface area contributed by atoms with Crippen LogP contribution in [0.2, 0.25) is 0 Å². The Hall–Kier alpha value is -1.64. The summed E-state index contributed by atoms with van der Waals surface area (Å²) in [6, 6.07) is 0. The van der Waals surface area contributed by atoms with Crippen molar-refractivity contribution in [3.8, 4) is 0 Å². The van der Waals surface area contributed by atoms with Crippen LogP contribution in [0.25, 0.3) is 0 Å². The Morgan fingerprint density at radius 1 is 1.18 bits per heavy atom. The molecule has 0 amide bonds. The average molecular weight is 455 g/mol. The fourth-order valence-corrected chi connectivity index (χ4v) is 8.43. The van der Waals surface area contributed by atoms with E-state index in [1.54, 1.807) is 11.6 Å². The van der Waals surface area contributed by atoms with Gasteiger partial charge < -0.3 is 5.11 Å². The molecule has 3 aliphatic carbocycles. The van der Waals surface area contributed by atoms with Crippen LogP contribution in [0.4, 0.5) is 0 Å². The van der Waals surface area contributed by atoms with Crippen LogP contribution in [0, 0.1) is 39.9 Å². The molecule has 0 spiro atoms. The van der Waals surface area contributed by atoms with Gasteiger partial charge in [-0.1, -0.05) is 57.1 Å². The summed E-state index contributed by atoms with van der Waals surface area (Å²) in [6.45, 7) is 20.0. The third-order valence-electron chi connectivity index (χ3n) is 10.3. The van der Waals surface area contributed by atoms with Crippen LogP contribution < -0.4 is 0 Å². The fourth-order valence-electron chi connectivity index (χ4n) is 8.43. The Labute approximate surface area is 201 Å². The third-order valence-corrected chi connectivity index (χ3v) is 10.3. The topological polar surface area (TPSA) is 54.4 Å². The fraction of sp³-hybridized carbons (Fsp3) is 0.733. The molecule has 3 rings (SSSR count). The van der Waals surface area contributed by atoms with Crippen molar-refractivity contribution in [3.63, 3.8) is 0 Å². The maximum atomic E-state index is 12.6. The molecule has 0 radical (unpaired) electrons. The minimum Gasteiger partial charge on any atom is -0.481 e. The summed E-state index contributed by atoms with van der Waals surface area (Å²) in [6.07, 6.45) is 11.5. The van der Waals surface area contributed by atoms with Crippen LogP contribution in [0.3, 0.4) is 0 Å². The normalized spacial score (nSPS) is 38.5. The lowest BCUT2D eigenvalue weighted by atomic mass is 9.44. The molecule has 3 aliphatic rings. The van der Waals surface area contributed by atoms with Crippen molar-refractivity contribution in [2.75, 3.05) is 0 Å². The molecule has 33 heavy (non-hydrogen) atoms. The molecule has 0 aliphatic heterocycles. The second kappa shape index (κ2) is 9.19. The van der Waals surface area contributed by atoms with Gasteiger partial charge in [-0.15, -0.1) is 0 Å². The van der Waals surface area contributed by atoms with Crippen molar-refractivity contribution in [3.05, 3.63) is 35.5 Å². The van der Waals surface area contributed by atoms with Gasteiger partial charge >= 0.3 is 5.97 Å². The van der Waals surface area contributed by atoms with E-state index in [2.05, 4.69) is 47.3 Å². The van der Waals surface area contributed by atoms with Crippen LogP contribution in [0.15, 0.2) is 35.5 Å². The Balaban J connectivity index is 1.93. The highest BCUT2D eigenvalue weighted by molar-refractivity contribution is 5.90. The molecule has 7 unspecified atom stereocenters. The third kappa shape index (κ3) is 4.42. The van der Waals surface area contributed by atoms with Gasteiger partial charge in [0.25, 0.3) is 0 Å². The summed E-state index contributed by atoms with van der Waals surface area (Å²) in [7, 11) is 0. The Kier molecular flexibility index (Phi) is 7.23. The smallest absolute Gasteiger partial charge is 0.303 e. The van der Waals surface area contributed by atoms with Gasteiger partial charge in [0.1, 0.15) is 0 Å². The molecule has 3 heteroatoms. The number of hydrogen-bond acceptors (Lipinski definition) is 2. The Bertz CT molecular complexity index is 875.